The summed E-state index contributed by atoms with van der Waals surface area (Å²) >= 11 is 5.40. The molecule has 0 amide bonds. The minimum atomic E-state index is 0. The summed E-state index contributed by atoms with van der Waals surface area (Å²) in [7, 11) is 1.78. The van der Waals surface area contributed by atoms with Gasteiger partial charge >= 0.3 is 0 Å². The SMILES string of the molecule is C/C=C(/Cl)NC.Cl. The summed E-state index contributed by atoms with van der Waals surface area (Å²) in [4.78, 5) is 0. The summed E-state index contributed by atoms with van der Waals surface area (Å²) in [6.07, 6.45) is 1.79. The van der Waals surface area contributed by atoms with E-state index in [-0.39, 0.29) is 12.4 Å². The third-order valence-electron chi connectivity index (χ3n) is 0.492. The molecule has 0 heterocycles. The Balaban J connectivity index is 0. The van der Waals surface area contributed by atoms with Crippen molar-refractivity contribution in [2.24, 2.45) is 0 Å². The quantitative estimate of drug-likeness (QED) is 0.549. The zero-order valence-electron chi connectivity index (χ0n) is 4.36. The molecule has 1 nitrogen and oxygen atoms in total. The fourth-order valence-corrected chi connectivity index (χ4v) is 0.144. The van der Waals surface area contributed by atoms with E-state index in [4.69, 9.17) is 11.6 Å². The van der Waals surface area contributed by atoms with E-state index in [9.17, 15) is 0 Å². The first-order valence-corrected chi connectivity index (χ1v) is 2.18. The zero-order valence-corrected chi connectivity index (χ0v) is 5.94. The Hall–Kier alpha value is 0.120. The topological polar surface area (TPSA) is 12.0 Å². The molecule has 3 heteroatoms. The number of hydrogen-bond donors (Lipinski definition) is 1. The largest absolute Gasteiger partial charge is 0.379 e. The van der Waals surface area contributed by atoms with Crippen LogP contribution in [-0.4, -0.2) is 7.05 Å². The molecule has 0 fully saturated rings. The molecule has 0 aromatic carbocycles. The van der Waals surface area contributed by atoms with Crippen LogP contribution >= 0.6 is 24.0 Å². The van der Waals surface area contributed by atoms with Crippen LogP contribution in [0.15, 0.2) is 11.2 Å². The van der Waals surface area contributed by atoms with Gasteiger partial charge in [-0.3, -0.25) is 0 Å². The second-order valence-electron chi connectivity index (χ2n) is 0.887. The van der Waals surface area contributed by atoms with Gasteiger partial charge in [-0.25, -0.2) is 0 Å². The van der Waals surface area contributed by atoms with E-state index in [1.54, 1.807) is 13.1 Å². The van der Waals surface area contributed by atoms with Crippen molar-refractivity contribution in [1.82, 2.24) is 5.32 Å². The summed E-state index contributed by atoms with van der Waals surface area (Å²) in [5, 5.41) is 3.43. The number of hydrogen-bond acceptors (Lipinski definition) is 1. The average molecular weight is 142 g/mol. The first-order valence-electron chi connectivity index (χ1n) is 1.81. The van der Waals surface area contributed by atoms with Crippen molar-refractivity contribution in [3.8, 4) is 0 Å². The highest BCUT2D eigenvalue weighted by Gasteiger charge is 1.73. The van der Waals surface area contributed by atoms with E-state index in [2.05, 4.69) is 5.32 Å². The molecule has 0 atom stereocenters. The number of rotatable bonds is 1. The van der Waals surface area contributed by atoms with Crippen LogP contribution in [0.4, 0.5) is 0 Å². The number of halogens is 2. The maximum Gasteiger partial charge on any atom is 0.0972 e. The van der Waals surface area contributed by atoms with Crippen molar-refractivity contribution in [2.45, 2.75) is 6.92 Å². The highest BCUT2D eigenvalue weighted by molar-refractivity contribution is 6.29. The van der Waals surface area contributed by atoms with Gasteiger partial charge in [0.15, 0.2) is 0 Å². The first kappa shape index (κ1) is 10.2. The van der Waals surface area contributed by atoms with Gasteiger partial charge in [0.2, 0.25) is 0 Å². The van der Waals surface area contributed by atoms with Crippen molar-refractivity contribution in [1.29, 1.82) is 0 Å². The lowest BCUT2D eigenvalue weighted by molar-refractivity contribution is 1.07. The van der Waals surface area contributed by atoms with Crippen molar-refractivity contribution < 1.29 is 0 Å². The fraction of sp³-hybridized carbons (Fsp3) is 0.500. The van der Waals surface area contributed by atoms with Crippen LogP contribution in [0.5, 0.6) is 0 Å². The monoisotopic (exact) mass is 141 g/mol. The zero-order chi connectivity index (χ0) is 4.99. The summed E-state index contributed by atoms with van der Waals surface area (Å²) in [6.45, 7) is 1.87. The van der Waals surface area contributed by atoms with E-state index in [0.29, 0.717) is 5.16 Å². The maximum atomic E-state index is 5.40. The van der Waals surface area contributed by atoms with E-state index >= 15 is 0 Å². The lowest BCUT2D eigenvalue weighted by atomic mass is 10.7. The van der Waals surface area contributed by atoms with E-state index in [0.717, 1.165) is 0 Å². The molecule has 0 spiro atoms. The van der Waals surface area contributed by atoms with Gasteiger partial charge in [-0.2, -0.15) is 0 Å². The van der Waals surface area contributed by atoms with Crippen LogP contribution in [0.2, 0.25) is 0 Å². The smallest absolute Gasteiger partial charge is 0.0972 e. The third-order valence-corrected chi connectivity index (χ3v) is 0.899. The molecule has 7 heavy (non-hydrogen) atoms. The lowest BCUT2D eigenvalue weighted by Crippen LogP contribution is -1.97. The Labute approximate surface area is 55.2 Å². The molecular formula is C4H9Cl2N. The third kappa shape index (κ3) is 6.12. The second kappa shape index (κ2) is 6.12. The molecule has 0 rings (SSSR count). The van der Waals surface area contributed by atoms with Crippen LogP contribution in [0.3, 0.4) is 0 Å². The van der Waals surface area contributed by atoms with E-state index in [1.807, 2.05) is 6.92 Å². The van der Waals surface area contributed by atoms with Crippen LogP contribution < -0.4 is 5.32 Å². The van der Waals surface area contributed by atoms with Gasteiger partial charge in [-0.15, -0.1) is 12.4 Å². The summed E-state index contributed by atoms with van der Waals surface area (Å²) < 4.78 is 0. The predicted molar refractivity (Wildman–Crippen MR) is 35.9 cm³/mol. The standard InChI is InChI=1S/C4H8ClN.ClH/c1-3-4(5)6-2;/h3,6H,1-2H3;1H/b4-3-;. The van der Waals surface area contributed by atoms with Gasteiger partial charge in [-0.1, -0.05) is 17.7 Å². The Bertz CT molecular complexity index is 60.7. The highest BCUT2D eigenvalue weighted by atomic mass is 35.5. The minimum absolute atomic E-state index is 0. The van der Waals surface area contributed by atoms with Gasteiger partial charge in [-0.05, 0) is 6.92 Å². The fourth-order valence-electron chi connectivity index (χ4n) is 0.144. The Kier molecular flexibility index (Phi) is 8.89. The lowest BCUT2D eigenvalue weighted by Gasteiger charge is -1.88. The summed E-state index contributed by atoms with van der Waals surface area (Å²) in [6, 6.07) is 0. The Morgan fingerprint density at radius 2 is 2.14 bits per heavy atom. The van der Waals surface area contributed by atoms with E-state index in [1.165, 1.54) is 0 Å². The van der Waals surface area contributed by atoms with Gasteiger partial charge in [0.25, 0.3) is 0 Å². The van der Waals surface area contributed by atoms with E-state index < -0.39 is 0 Å². The molecule has 0 aromatic rings. The molecule has 0 unspecified atom stereocenters. The highest BCUT2D eigenvalue weighted by Crippen LogP contribution is 1.89. The molecular weight excluding hydrogens is 133 g/mol. The molecule has 0 aliphatic rings. The van der Waals surface area contributed by atoms with Crippen LogP contribution in [-0.2, 0) is 0 Å². The minimum Gasteiger partial charge on any atom is -0.379 e. The molecule has 0 aliphatic carbocycles. The van der Waals surface area contributed by atoms with Crippen molar-refractivity contribution >= 4 is 24.0 Å². The van der Waals surface area contributed by atoms with Gasteiger partial charge in [0.1, 0.15) is 0 Å². The second-order valence-corrected chi connectivity index (χ2v) is 1.29. The number of nitrogens with one attached hydrogen (secondary N) is 1. The van der Waals surface area contributed by atoms with Crippen molar-refractivity contribution in [2.75, 3.05) is 7.05 Å². The molecule has 1 N–H and O–H groups in total. The maximum absolute atomic E-state index is 5.40. The normalized spacial score (nSPS) is 9.86. The molecule has 0 radical (unpaired) electrons. The van der Waals surface area contributed by atoms with Crippen LogP contribution in [0.25, 0.3) is 0 Å². The molecule has 44 valence electrons. The first-order chi connectivity index (χ1) is 2.81. The van der Waals surface area contributed by atoms with Crippen LogP contribution in [0, 0.1) is 0 Å². The van der Waals surface area contributed by atoms with Gasteiger partial charge < -0.3 is 5.32 Å². The molecule has 0 saturated heterocycles. The molecule has 0 saturated carbocycles. The van der Waals surface area contributed by atoms with Crippen molar-refractivity contribution in [3.05, 3.63) is 11.2 Å². The predicted octanol–water partition coefficient (Wildman–Crippen LogP) is 1.73. The summed E-state index contributed by atoms with van der Waals surface area (Å²) in [5.74, 6) is 0. The molecule has 0 aromatic heterocycles. The average Bonchev–Trinajstić information content (AvgIpc) is 1.65. The van der Waals surface area contributed by atoms with Crippen LogP contribution in [0.1, 0.15) is 6.92 Å². The Morgan fingerprint density at radius 3 is 2.14 bits per heavy atom. The Morgan fingerprint density at radius 1 is 1.71 bits per heavy atom. The van der Waals surface area contributed by atoms with Gasteiger partial charge in [0, 0.05) is 7.05 Å². The molecule has 0 aliphatic heterocycles. The number of allylic oxidation sites excluding steroid dienone is 1. The van der Waals surface area contributed by atoms with Crippen molar-refractivity contribution in [3.63, 3.8) is 0 Å². The molecule has 0 bridgehead atoms. The van der Waals surface area contributed by atoms with Gasteiger partial charge in [0.05, 0.1) is 5.16 Å². The summed E-state index contributed by atoms with van der Waals surface area (Å²) in [5.41, 5.74) is 0.